The third kappa shape index (κ3) is 3.17. The number of halogens is 1. The van der Waals surface area contributed by atoms with E-state index in [1.807, 2.05) is 49.1 Å². The molecular formula is C17H21FN2. The van der Waals surface area contributed by atoms with Crippen LogP contribution in [0.3, 0.4) is 0 Å². The van der Waals surface area contributed by atoms with E-state index in [1.165, 1.54) is 5.56 Å². The second-order valence-electron chi connectivity index (χ2n) is 4.91. The number of rotatable bonds is 5. The molecular weight excluding hydrogens is 251 g/mol. The molecule has 20 heavy (non-hydrogen) atoms. The second-order valence-corrected chi connectivity index (χ2v) is 4.91. The van der Waals surface area contributed by atoms with Crippen LogP contribution in [0.4, 0.5) is 15.8 Å². The molecule has 0 saturated carbocycles. The number of nitrogens with two attached hydrogens (primary N) is 1. The van der Waals surface area contributed by atoms with Gasteiger partial charge in [0, 0.05) is 12.2 Å². The van der Waals surface area contributed by atoms with Crippen molar-refractivity contribution in [3.63, 3.8) is 0 Å². The molecule has 2 nitrogen and oxygen atoms in total. The molecule has 0 saturated heterocycles. The molecule has 0 aliphatic heterocycles. The Balaban J connectivity index is 2.37. The Morgan fingerprint density at radius 3 is 2.55 bits per heavy atom. The van der Waals surface area contributed by atoms with Crippen molar-refractivity contribution >= 4 is 11.4 Å². The van der Waals surface area contributed by atoms with Gasteiger partial charge in [0.2, 0.25) is 0 Å². The zero-order valence-corrected chi connectivity index (χ0v) is 12.1. The van der Waals surface area contributed by atoms with Crippen LogP contribution in [0.2, 0.25) is 0 Å². The lowest BCUT2D eigenvalue weighted by molar-refractivity contribution is 0.623. The highest BCUT2D eigenvalue weighted by Gasteiger charge is 2.12. The first-order valence-corrected chi connectivity index (χ1v) is 6.98. The minimum atomic E-state index is -0.195. The fraction of sp³-hybridized carbons (Fsp3) is 0.294. The maximum absolute atomic E-state index is 14.3. The summed E-state index contributed by atoms with van der Waals surface area (Å²) in [5, 5.41) is 0. The zero-order valence-electron chi connectivity index (χ0n) is 12.1. The third-order valence-corrected chi connectivity index (χ3v) is 3.37. The predicted octanol–water partition coefficient (Wildman–Crippen LogP) is 3.79. The molecule has 0 heterocycles. The van der Waals surface area contributed by atoms with Crippen LogP contribution in [0, 0.1) is 12.7 Å². The Morgan fingerprint density at radius 1 is 1.15 bits per heavy atom. The van der Waals surface area contributed by atoms with Crippen molar-refractivity contribution in [2.45, 2.75) is 20.3 Å². The quantitative estimate of drug-likeness (QED) is 0.897. The molecule has 3 heteroatoms. The van der Waals surface area contributed by atoms with Crippen LogP contribution in [0.15, 0.2) is 42.5 Å². The number of nitrogens with zero attached hydrogens (tertiary/aromatic N) is 1. The Bertz CT molecular complexity index is 581. The Hall–Kier alpha value is -1.87. The van der Waals surface area contributed by atoms with E-state index in [4.69, 9.17) is 5.73 Å². The normalized spacial score (nSPS) is 10.6. The number of hydrogen-bond donors (Lipinski definition) is 1. The average molecular weight is 272 g/mol. The summed E-state index contributed by atoms with van der Waals surface area (Å²) in [6.45, 7) is 5.32. The van der Waals surface area contributed by atoms with E-state index >= 15 is 0 Å². The largest absolute Gasteiger partial charge is 0.339 e. The van der Waals surface area contributed by atoms with E-state index in [2.05, 4.69) is 6.07 Å². The van der Waals surface area contributed by atoms with Gasteiger partial charge in [0.15, 0.2) is 0 Å². The maximum Gasteiger partial charge on any atom is 0.147 e. The SMILES string of the molecule is CCN(c1cccc(C)c1)c1ccc(CCN)cc1F. The van der Waals surface area contributed by atoms with Gasteiger partial charge >= 0.3 is 0 Å². The van der Waals surface area contributed by atoms with Gasteiger partial charge in [-0.3, -0.25) is 0 Å². The van der Waals surface area contributed by atoms with E-state index in [0.29, 0.717) is 18.7 Å². The molecule has 0 aliphatic carbocycles. The first-order valence-electron chi connectivity index (χ1n) is 6.98. The van der Waals surface area contributed by atoms with Gasteiger partial charge in [0.1, 0.15) is 5.82 Å². The van der Waals surface area contributed by atoms with Gasteiger partial charge in [-0.05, 0) is 62.2 Å². The molecule has 0 unspecified atom stereocenters. The first-order chi connectivity index (χ1) is 9.65. The van der Waals surface area contributed by atoms with Gasteiger partial charge in [-0.15, -0.1) is 0 Å². The van der Waals surface area contributed by atoms with E-state index in [1.54, 1.807) is 6.07 Å². The van der Waals surface area contributed by atoms with Crippen molar-refractivity contribution in [3.05, 3.63) is 59.4 Å². The number of hydrogen-bond acceptors (Lipinski definition) is 2. The lowest BCUT2D eigenvalue weighted by Crippen LogP contribution is -2.17. The van der Waals surface area contributed by atoms with Gasteiger partial charge in [0.25, 0.3) is 0 Å². The van der Waals surface area contributed by atoms with Crippen LogP contribution in [0.1, 0.15) is 18.1 Å². The van der Waals surface area contributed by atoms with Crippen LogP contribution < -0.4 is 10.6 Å². The molecule has 0 amide bonds. The zero-order chi connectivity index (χ0) is 14.5. The molecule has 0 radical (unpaired) electrons. The highest BCUT2D eigenvalue weighted by atomic mass is 19.1. The minimum Gasteiger partial charge on any atom is -0.339 e. The highest BCUT2D eigenvalue weighted by Crippen LogP contribution is 2.28. The number of aryl methyl sites for hydroxylation is 1. The topological polar surface area (TPSA) is 29.3 Å². The van der Waals surface area contributed by atoms with Crippen molar-refractivity contribution in [3.8, 4) is 0 Å². The molecule has 0 fully saturated rings. The van der Waals surface area contributed by atoms with Crippen LogP contribution in [0.25, 0.3) is 0 Å². The summed E-state index contributed by atoms with van der Waals surface area (Å²) in [7, 11) is 0. The van der Waals surface area contributed by atoms with Crippen LogP contribution in [-0.2, 0) is 6.42 Å². The standard InChI is InChI=1S/C17H21FN2/c1-3-20(15-6-4-5-13(2)11-15)17-8-7-14(9-10-19)12-16(17)18/h4-8,11-12H,3,9-10,19H2,1-2H3. The summed E-state index contributed by atoms with van der Waals surface area (Å²) >= 11 is 0. The van der Waals surface area contributed by atoms with E-state index < -0.39 is 0 Å². The Labute approximate surface area is 120 Å². The van der Waals surface area contributed by atoms with Crippen LogP contribution in [-0.4, -0.2) is 13.1 Å². The predicted molar refractivity (Wildman–Crippen MR) is 83.0 cm³/mol. The molecule has 0 bridgehead atoms. The van der Waals surface area contributed by atoms with E-state index in [0.717, 1.165) is 17.8 Å². The van der Waals surface area contributed by atoms with Crippen LogP contribution >= 0.6 is 0 Å². The molecule has 0 aromatic heterocycles. The molecule has 2 rings (SSSR count). The van der Waals surface area contributed by atoms with Gasteiger partial charge in [-0.2, -0.15) is 0 Å². The van der Waals surface area contributed by atoms with E-state index in [9.17, 15) is 4.39 Å². The summed E-state index contributed by atoms with van der Waals surface area (Å²) in [6.07, 6.45) is 0.702. The summed E-state index contributed by atoms with van der Waals surface area (Å²) in [4.78, 5) is 1.98. The third-order valence-electron chi connectivity index (χ3n) is 3.37. The minimum absolute atomic E-state index is 0.195. The lowest BCUT2D eigenvalue weighted by atomic mass is 10.1. The summed E-state index contributed by atoms with van der Waals surface area (Å²) < 4.78 is 14.3. The molecule has 0 aliphatic rings. The van der Waals surface area contributed by atoms with Crippen molar-refractivity contribution in [2.75, 3.05) is 18.0 Å². The van der Waals surface area contributed by atoms with Gasteiger partial charge in [-0.25, -0.2) is 4.39 Å². The summed E-state index contributed by atoms with van der Waals surface area (Å²) in [5.41, 5.74) is 9.24. The first kappa shape index (κ1) is 14.5. The van der Waals surface area contributed by atoms with Crippen molar-refractivity contribution in [1.82, 2.24) is 0 Å². The smallest absolute Gasteiger partial charge is 0.147 e. The molecule has 2 N–H and O–H groups in total. The highest BCUT2D eigenvalue weighted by molar-refractivity contribution is 5.64. The van der Waals surface area contributed by atoms with Gasteiger partial charge in [0.05, 0.1) is 5.69 Å². The molecule has 0 spiro atoms. The fourth-order valence-electron chi connectivity index (χ4n) is 2.38. The average Bonchev–Trinajstić information content (AvgIpc) is 2.42. The van der Waals surface area contributed by atoms with Crippen molar-refractivity contribution in [1.29, 1.82) is 0 Å². The van der Waals surface area contributed by atoms with Gasteiger partial charge < -0.3 is 10.6 Å². The Morgan fingerprint density at radius 2 is 1.95 bits per heavy atom. The second kappa shape index (κ2) is 6.53. The molecule has 2 aromatic rings. The van der Waals surface area contributed by atoms with Crippen molar-refractivity contribution in [2.24, 2.45) is 5.73 Å². The monoisotopic (exact) mass is 272 g/mol. The lowest BCUT2D eigenvalue weighted by Gasteiger charge is -2.24. The fourth-order valence-corrected chi connectivity index (χ4v) is 2.38. The Kier molecular flexibility index (Phi) is 4.74. The van der Waals surface area contributed by atoms with Crippen LogP contribution in [0.5, 0.6) is 0 Å². The van der Waals surface area contributed by atoms with Gasteiger partial charge in [-0.1, -0.05) is 18.2 Å². The molecule has 106 valence electrons. The van der Waals surface area contributed by atoms with Crippen molar-refractivity contribution < 1.29 is 4.39 Å². The maximum atomic E-state index is 14.3. The molecule has 0 atom stereocenters. The van der Waals surface area contributed by atoms with E-state index in [-0.39, 0.29) is 5.82 Å². The number of benzene rings is 2. The molecule has 2 aromatic carbocycles. The number of anilines is 2. The summed E-state index contributed by atoms with van der Waals surface area (Å²) in [5.74, 6) is -0.195. The summed E-state index contributed by atoms with van der Waals surface area (Å²) in [6, 6.07) is 13.5.